The first-order chi connectivity index (χ1) is 8.86. The van der Waals surface area contributed by atoms with Crippen molar-refractivity contribution in [2.45, 2.75) is 6.54 Å². The van der Waals surface area contributed by atoms with Gasteiger partial charge in [-0.2, -0.15) is 10.4 Å². The Morgan fingerprint density at radius 1 is 1.22 bits per heavy atom. The minimum atomic E-state index is 0.679. The molecule has 18 heavy (non-hydrogen) atoms. The number of benzene rings is 2. The summed E-state index contributed by atoms with van der Waals surface area (Å²) in [7, 11) is 0. The molecule has 2 aromatic carbocycles. The van der Waals surface area contributed by atoms with Gasteiger partial charge in [-0.25, -0.2) is 0 Å². The molecule has 0 bridgehead atoms. The second-order valence-electron chi connectivity index (χ2n) is 4.10. The third-order valence-electron chi connectivity index (χ3n) is 2.90. The molecule has 0 atom stereocenters. The van der Waals surface area contributed by atoms with Crippen LogP contribution in [0.1, 0.15) is 11.1 Å². The number of rotatable bonds is 2. The maximum Gasteiger partial charge on any atom is 0.0991 e. The molecule has 1 heterocycles. The molecular formula is C15H10N3. The second kappa shape index (κ2) is 4.34. The normalized spacial score (nSPS) is 10.4. The van der Waals surface area contributed by atoms with Crippen molar-refractivity contribution in [2.75, 3.05) is 0 Å². The van der Waals surface area contributed by atoms with Crippen LogP contribution in [0, 0.1) is 17.4 Å². The van der Waals surface area contributed by atoms with Crippen LogP contribution in [0.4, 0.5) is 0 Å². The molecule has 85 valence electrons. The summed E-state index contributed by atoms with van der Waals surface area (Å²) in [5, 5.41) is 14.2. The molecule has 0 fully saturated rings. The van der Waals surface area contributed by atoms with E-state index >= 15 is 0 Å². The van der Waals surface area contributed by atoms with Gasteiger partial charge >= 0.3 is 0 Å². The lowest BCUT2D eigenvalue weighted by Crippen LogP contribution is -2.01. The Balaban J connectivity index is 1.94. The minimum Gasteiger partial charge on any atom is -0.260 e. The van der Waals surface area contributed by atoms with E-state index in [0.29, 0.717) is 12.1 Å². The lowest BCUT2D eigenvalue weighted by Gasteiger charge is -2.03. The van der Waals surface area contributed by atoms with Crippen LogP contribution in [0.15, 0.2) is 48.7 Å². The molecule has 3 rings (SSSR count). The quantitative estimate of drug-likeness (QED) is 0.681. The van der Waals surface area contributed by atoms with Gasteiger partial charge in [-0.3, -0.25) is 4.68 Å². The van der Waals surface area contributed by atoms with E-state index in [4.69, 9.17) is 5.26 Å². The van der Waals surface area contributed by atoms with Crippen LogP contribution in [0.5, 0.6) is 0 Å². The van der Waals surface area contributed by atoms with Crippen molar-refractivity contribution >= 4 is 10.9 Å². The van der Waals surface area contributed by atoms with Gasteiger partial charge in [0.25, 0.3) is 0 Å². The molecule has 0 aliphatic carbocycles. The first-order valence-electron chi connectivity index (χ1n) is 5.67. The van der Waals surface area contributed by atoms with Gasteiger partial charge in [0, 0.05) is 5.39 Å². The predicted octanol–water partition coefficient (Wildman–Crippen LogP) is 2.76. The van der Waals surface area contributed by atoms with Crippen LogP contribution in [-0.2, 0) is 6.54 Å². The van der Waals surface area contributed by atoms with Gasteiger partial charge in [0.15, 0.2) is 0 Å². The number of aromatic nitrogens is 2. The van der Waals surface area contributed by atoms with E-state index in [1.807, 2.05) is 53.3 Å². The van der Waals surface area contributed by atoms with Crippen molar-refractivity contribution in [1.29, 1.82) is 5.26 Å². The summed E-state index contributed by atoms with van der Waals surface area (Å²) in [6.45, 7) is 0.708. The van der Waals surface area contributed by atoms with Crippen LogP contribution in [0.2, 0.25) is 0 Å². The van der Waals surface area contributed by atoms with E-state index in [2.05, 4.69) is 17.2 Å². The van der Waals surface area contributed by atoms with E-state index in [1.165, 1.54) is 0 Å². The fourth-order valence-corrected chi connectivity index (χ4v) is 1.95. The standard InChI is InChI=1S/C15H10N3/c16-9-12-5-7-13(8-6-12)11-18-15-4-2-1-3-14(15)10-17-18/h2-8,10H,11H2. The molecule has 3 aromatic rings. The highest BCUT2D eigenvalue weighted by Crippen LogP contribution is 2.14. The molecule has 3 nitrogen and oxygen atoms in total. The van der Waals surface area contributed by atoms with Crippen molar-refractivity contribution in [3.05, 3.63) is 65.9 Å². The molecule has 0 N–H and O–H groups in total. The van der Waals surface area contributed by atoms with E-state index < -0.39 is 0 Å². The van der Waals surface area contributed by atoms with Gasteiger partial charge in [0.2, 0.25) is 0 Å². The first kappa shape index (κ1) is 10.5. The van der Waals surface area contributed by atoms with Crippen molar-refractivity contribution in [2.24, 2.45) is 0 Å². The molecule has 0 saturated heterocycles. The highest BCUT2D eigenvalue weighted by Gasteiger charge is 2.02. The molecule has 3 heteroatoms. The summed E-state index contributed by atoms with van der Waals surface area (Å²) in [5.74, 6) is 0. The smallest absolute Gasteiger partial charge is 0.0991 e. The zero-order chi connectivity index (χ0) is 12.4. The van der Waals surface area contributed by atoms with E-state index in [1.54, 1.807) is 0 Å². The van der Waals surface area contributed by atoms with E-state index in [0.717, 1.165) is 16.5 Å². The van der Waals surface area contributed by atoms with E-state index in [-0.39, 0.29) is 0 Å². The largest absolute Gasteiger partial charge is 0.260 e. The lowest BCUT2D eigenvalue weighted by atomic mass is 10.1. The highest BCUT2D eigenvalue weighted by atomic mass is 15.3. The average molecular weight is 232 g/mol. The Morgan fingerprint density at radius 2 is 2.06 bits per heavy atom. The Kier molecular flexibility index (Phi) is 2.54. The van der Waals surface area contributed by atoms with Gasteiger partial charge in [-0.15, -0.1) is 0 Å². The van der Waals surface area contributed by atoms with Gasteiger partial charge in [-0.05, 0) is 35.9 Å². The zero-order valence-electron chi connectivity index (χ0n) is 9.67. The maximum absolute atomic E-state index is 8.76. The van der Waals surface area contributed by atoms with E-state index in [9.17, 15) is 0 Å². The number of nitrogens with zero attached hydrogens (tertiary/aromatic N) is 3. The van der Waals surface area contributed by atoms with Crippen molar-refractivity contribution in [3.8, 4) is 6.07 Å². The van der Waals surface area contributed by atoms with Gasteiger partial charge in [0.05, 0.1) is 29.9 Å². The van der Waals surface area contributed by atoms with Crippen LogP contribution in [0.25, 0.3) is 10.9 Å². The molecule has 1 aromatic heterocycles. The summed E-state index contributed by atoms with van der Waals surface area (Å²) in [6.07, 6.45) is 1.84. The fourth-order valence-electron chi connectivity index (χ4n) is 1.95. The fraction of sp³-hybridized carbons (Fsp3) is 0.0667. The lowest BCUT2D eigenvalue weighted by molar-refractivity contribution is 0.712. The maximum atomic E-state index is 8.76. The number of nitriles is 1. The molecule has 0 amide bonds. The minimum absolute atomic E-state index is 0.679. The molecular weight excluding hydrogens is 222 g/mol. The molecule has 1 radical (unpaired) electrons. The third kappa shape index (κ3) is 1.85. The Morgan fingerprint density at radius 3 is 2.83 bits per heavy atom. The third-order valence-corrected chi connectivity index (χ3v) is 2.90. The van der Waals surface area contributed by atoms with Crippen LogP contribution in [0.3, 0.4) is 0 Å². The molecule has 0 saturated carbocycles. The average Bonchev–Trinajstić information content (AvgIpc) is 2.83. The molecule has 0 aliphatic rings. The SMILES string of the molecule is N#Cc1ccc(Cn2ncc3c[c]ccc32)cc1. The van der Waals surface area contributed by atoms with Crippen molar-refractivity contribution in [3.63, 3.8) is 0 Å². The van der Waals surface area contributed by atoms with Crippen molar-refractivity contribution in [1.82, 2.24) is 9.78 Å². The predicted molar refractivity (Wildman–Crippen MR) is 68.8 cm³/mol. The van der Waals surface area contributed by atoms with Crippen LogP contribution >= 0.6 is 0 Å². The Bertz CT molecular complexity index is 717. The topological polar surface area (TPSA) is 41.6 Å². The van der Waals surface area contributed by atoms with Crippen LogP contribution in [-0.4, -0.2) is 9.78 Å². The van der Waals surface area contributed by atoms with Gasteiger partial charge in [0.1, 0.15) is 0 Å². The first-order valence-corrected chi connectivity index (χ1v) is 5.67. The van der Waals surface area contributed by atoms with Gasteiger partial charge < -0.3 is 0 Å². The summed E-state index contributed by atoms with van der Waals surface area (Å²) >= 11 is 0. The summed E-state index contributed by atoms with van der Waals surface area (Å²) in [6, 6.07) is 18.6. The number of fused-ring (bicyclic) bond motifs is 1. The number of hydrogen-bond acceptors (Lipinski definition) is 2. The van der Waals surface area contributed by atoms with Crippen LogP contribution < -0.4 is 0 Å². The summed E-state index contributed by atoms with van der Waals surface area (Å²) in [4.78, 5) is 0. The molecule has 0 unspecified atom stereocenters. The molecule has 0 aliphatic heterocycles. The second-order valence-corrected chi connectivity index (χ2v) is 4.10. The number of hydrogen-bond donors (Lipinski definition) is 0. The van der Waals surface area contributed by atoms with Crippen molar-refractivity contribution < 1.29 is 0 Å². The zero-order valence-corrected chi connectivity index (χ0v) is 9.67. The molecule has 0 spiro atoms. The Hall–Kier alpha value is -2.60. The van der Waals surface area contributed by atoms with Gasteiger partial charge in [-0.1, -0.05) is 18.2 Å². The Labute approximate surface area is 105 Å². The summed E-state index contributed by atoms with van der Waals surface area (Å²) < 4.78 is 1.95. The highest BCUT2D eigenvalue weighted by molar-refractivity contribution is 5.78. The monoisotopic (exact) mass is 232 g/mol. The summed E-state index contributed by atoms with van der Waals surface area (Å²) in [5.41, 5.74) is 2.91.